The maximum atomic E-state index is 13.0. The topological polar surface area (TPSA) is 70.1 Å². The highest BCUT2D eigenvalue weighted by Gasteiger charge is 2.46. The monoisotopic (exact) mass is 476 g/mol. The second-order valence-corrected chi connectivity index (χ2v) is 8.97. The van der Waals surface area contributed by atoms with Crippen LogP contribution in [0, 0.1) is 0 Å². The number of likely N-dealkylation sites (N-methyl/N-ethyl adjacent to an activating group) is 1. The first-order valence-corrected chi connectivity index (χ1v) is 11.0. The molecule has 0 bridgehead atoms. The van der Waals surface area contributed by atoms with Gasteiger partial charge >= 0.3 is 0 Å². The van der Waals surface area contributed by atoms with E-state index in [9.17, 15) is 14.7 Å². The van der Waals surface area contributed by atoms with E-state index < -0.39 is 17.7 Å². The Hall–Kier alpha value is -2.54. The number of halogens is 2. The number of rotatable bonds is 7. The third-order valence-electron chi connectivity index (χ3n) is 5.09. The summed E-state index contributed by atoms with van der Waals surface area (Å²) in [6, 6.07) is 10.9. The van der Waals surface area contributed by atoms with Crippen molar-refractivity contribution in [3.8, 4) is 5.75 Å². The quantitative estimate of drug-likeness (QED) is 0.354. The molecule has 6 nitrogen and oxygen atoms in total. The molecule has 1 heterocycles. The summed E-state index contributed by atoms with van der Waals surface area (Å²) in [5, 5.41) is 11.8. The molecule has 0 spiro atoms. The lowest BCUT2D eigenvalue weighted by atomic mass is 9.95. The number of hydrogen-bond donors (Lipinski definition) is 1. The molecule has 1 aliphatic rings. The SMILES string of the molecule is CC(C)Oc1ccc(/C(O)=C2\C(=O)C(=O)N(CCN(C)C)[C@H]2c2ccc(Cl)c(Cl)c2)cc1. The summed E-state index contributed by atoms with van der Waals surface area (Å²) in [5.41, 5.74) is 1.03. The number of ketones is 1. The van der Waals surface area contributed by atoms with Crippen molar-refractivity contribution >= 4 is 40.7 Å². The van der Waals surface area contributed by atoms with Gasteiger partial charge in [-0.05, 0) is 69.9 Å². The van der Waals surface area contributed by atoms with Crippen LogP contribution in [0.2, 0.25) is 10.0 Å². The largest absolute Gasteiger partial charge is 0.507 e. The summed E-state index contributed by atoms with van der Waals surface area (Å²) in [7, 11) is 3.76. The zero-order valence-electron chi connectivity index (χ0n) is 18.4. The number of ether oxygens (including phenoxy) is 1. The summed E-state index contributed by atoms with van der Waals surface area (Å²) < 4.78 is 5.64. The van der Waals surface area contributed by atoms with Gasteiger partial charge in [-0.25, -0.2) is 0 Å². The first-order chi connectivity index (χ1) is 15.1. The van der Waals surface area contributed by atoms with Gasteiger partial charge in [0.05, 0.1) is 27.8 Å². The first kappa shape index (κ1) is 24.1. The van der Waals surface area contributed by atoms with Gasteiger partial charge in [0.2, 0.25) is 0 Å². The summed E-state index contributed by atoms with van der Waals surface area (Å²) in [5.74, 6) is -1.00. The number of likely N-dealkylation sites (tertiary alicyclic amines) is 1. The van der Waals surface area contributed by atoms with E-state index in [4.69, 9.17) is 27.9 Å². The van der Waals surface area contributed by atoms with Gasteiger partial charge < -0.3 is 19.6 Å². The van der Waals surface area contributed by atoms with Crippen LogP contribution in [0.1, 0.15) is 31.0 Å². The summed E-state index contributed by atoms with van der Waals surface area (Å²) in [4.78, 5) is 29.3. The van der Waals surface area contributed by atoms with Gasteiger partial charge in [0, 0.05) is 18.7 Å². The molecule has 2 aromatic carbocycles. The zero-order chi connectivity index (χ0) is 23.6. The third-order valence-corrected chi connectivity index (χ3v) is 5.83. The Balaban J connectivity index is 2.10. The molecule has 2 aromatic rings. The van der Waals surface area contributed by atoms with Crippen molar-refractivity contribution in [3.63, 3.8) is 0 Å². The second-order valence-electron chi connectivity index (χ2n) is 8.16. The fourth-order valence-electron chi connectivity index (χ4n) is 3.57. The number of nitrogens with zero attached hydrogens (tertiary/aromatic N) is 2. The Morgan fingerprint density at radius 1 is 1.09 bits per heavy atom. The van der Waals surface area contributed by atoms with E-state index in [0.29, 0.717) is 40.0 Å². The van der Waals surface area contributed by atoms with Crippen molar-refractivity contribution in [3.05, 3.63) is 69.2 Å². The van der Waals surface area contributed by atoms with Crippen LogP contribution >= 0.6 is 23.2 Å². The smallest absolute Gasteiger partial charge is 0.295 e. The average Bonchev–Trinajstić information content (AvgIpc) is 2.98. The highest BCUT2D eigenvalue weighted by molar-refractivity contribution is 6.46. The first-order valence-electron chi connectivity index (χ1n) is 10.2. The molecule has 0 unspecified atom stereocenters. The molecule has 0 radical (unpaired) electrons. The van der Waals surface area contributed by atoms with Crippen molar-refractivity contribution in [2.75, 3.05) is 27.2 Å². The minimum absolute atomic E-state index is 0.00567. The van der Waals surface area contributed by atoms with Gasteiger partial charge in [-0.1, -0.05) is 29.3 Å². The number of hydrogen-bond acceptors (Lipinski definition) is 5. The van der Waals surface area contributed by atoms with Crippen LogP contribution in [0.5, 0.6) is 5.75 Å². The van der Waals surface area contributed by atoms with Crippen LogP contribution in [0.15, 0.2) is 48.0 Å². The van der Waals surface area contributed by atoms with E-state index in [1.54, 1.807) is 42.5 Å². The maximum absolute atomic E-state index is 13.0. The van der Waals surface area contributed by atoms with Crippen LogP contribution in [0.3, 0.4) is 0 Å². The Morgan fingerprint density at radius 2 is 1.75 bits per heavy atom. The van der Waals surface area contributed by atoms with Gasteiger partial charge in [0.15, 0.2) is 0 Å². The highest BCUT2D eigenvalue weighted by atomic mass is 35.5. The van der Waals surface area contributed by atoms with E-state index in [0.717, 1.165) is 0 Å². The van der Waals surface area contributed by atoms with Gasteiger partial charge in [-0.3, -0.25) is 9.59 Å². The molecule has 170 valence electrons. The molecule has 0 aromatic heterocycles. The lowest BCUT2D eigenvalue weighted by Crippen LogP contribution is -2.35. The lowest BCUT2D eigenvalue weighted by molar-refractivity contribution is -0.140. The van der Waals surface area contributed by atoms with Crippen LogP contribution < -0.4 is 4.74 Å². The van der Waals surface area contributed by atoms with Crippen molar-refractivity contribution in [2.24, 2.45) is 0 Å². The van der Waals surface area contributed by atoms with Crippen molar-refractivity contribution in [1.29, 1.82) is 0 Å². The number of amides is 1. The van der Waals surface area contributed by atoms with Gasteiger partial charge in [0.1, 0.15) is 11.5 Å². The van der Waals surface area contributed by atoms with E-state index >= 15 is 0 Å². The number of aliphatic hydroxyl groups excluding tert-OH is 1. The van der Waals surface area contributed by atoms with E-state index in [-0.39, 0.29) is 17.4 Å². The fraction of sp³-hybridized carbons (Fsp3) is 0.333. The van der Waals surface area contributed by atoms with E-state index in [2.05, 4.69) is 0 Å². The van der Waals surface area contributed by atoms with Gasteiger partial charge in [-0.15, -0.1) is 0 Å². The van der Waals surface area contributed by atoms with Crippen molar-refractivity contribution in [1.82, 2.24) is 9.80 Å². The molecule has 0 aliphatic carbocycles. The fourth-order valence-corrected chi connectivity index (χ4v) is 3.87. The molecular formula is C24H26Cl2N2O4. The number of benzene rings is 2. The van der Waals surface area contributed by atoms with Crippen molar-refractivity contribution < 1.29 is 19.4 Å². The third kappa shape index (κ3) is 5.09. The van der Waals surface area contributed by atoms with Crippen molar-refractivity contribution in [2.45, 2.75) is 26.0 Å². The van der Waals surface area contributed by atoms with Crippen LogP contribution in [-0.4, -0.2) is 59.9 Å². The predicted octanol–water partition coefficient (Wildman–Crippen LogP) is 4.76. The molecule has 3 rings (SSSR count). The molecule has 1 amide bonds. The molecule has 1 N–H and O–H groups in total. The number of aliphatic hydroxyl groups is 1. The van der Waals surface area contributed by atoms with Crippen LogP contribution in [0.25, 0.3) is 5.76 Å². The van der Waals surface area contributed by atoms with Crippen LogP contribution in [0.4, 0.5) is 0 Å². The highest BCUT2D eigenvalue weighted by Crippen LogP contribution is 2.41. The van der Waals surface area contributed by atoms with Crippen LogP contribution in [-0.2, 0) is 9.59 Å². The van der Waals surface area contributed by atoms with Gasteiger partial charge in [-0.2, -0.15) is 0 Å². The zero-order valence-corrected chi connectivity index (χ0v) is 19.9. The van der Waals surface area contributed by atoms with E-state index in [1.807, 2.05) is 32.8 Å². The molecule has 32 heavy (non-hydrogen) atoms. The second kappa shape index (κ2) is 9.94. The normalized spacial score (nSPS) is 18.1. The Bertz CT molecular complexity index is 1050. The summed E-state index contributed by atoms with van der Waals surface area (Å²) in [6.45, 7) is 4.69. The maximum Gasteiger partial charge on any atom is 0.295 e. The lowest BCUT2D eigenvalue weighted by Gasteiger charge is -2.26. The number of Topliss-reactive ketones (excluding diaryl/α,β-unsaturated/α-hetero) is 1. The summed E-state index contributed by atoms with van der Waals surface area (Å²) in [6.07, 6.45) is 0.00567. The summed E-state index contributed by atoms with van der Waals surface area (Å²) >= 11 is 12.3. The van der Waals surface area contributed by atoms with Gasteiger partial charge in [0.25, 0.3) is 11.7 Å². The Morgan fingerprint density at radius 3 is 2.31 bits per heavy atom. The molecule has 1 atom stereocenters. The molecule has 1 fully saturated rings. The molecule has 1 saturated heterocycles. The molecule has 0 saturated carbocycles. The minimum Gasteiger partial charge on any atom is -0.507 e. The molecular weight excluding hydrogens is 451 g/mol. The molecule has 1 aliphatic heterocycles. The average molecular weight is 477 g/mol. The standard InChI is InChI=1S/C24H26Cl2N2O4/c1-14(2)32-17-8-5-15(6-9-17)22(29)20-21(16-7-10-18(25)19(26)13-16)28(12-11-27(3)4)24(31)23(20)30/h5-10,13-14,21,29H,11-12H2,1-4H3/b22-20+/t21-/m0/s1. The Kier molecular flexibility index (Phi) is 7.49. The minimum atomic E-state index is -0.781. The van der Waals surface area contributed by atoms with E-state index in [1.165, 1.54) is 4.90 Å². The predicted molar refractivity (Wildman–Crippen MR) is 126 cm³/mol. The Labute approximate surface area is 198 Å². The number of carbonyl (C=O) groups excluding carboxylic acids is 2. The molecule has 8 heteroatoms. The number of carbonyl (C=O) groups is 2.